The fourth-order valence-corrected chi connectivity index (χ4v) is 4.14. The Kier molecular flexibility index (Phi) is 6.41. The summed E-state index contributed by atoms with van der Waals surface area (Å²) < 4.78 is 39.6. The van der Waals surface area contributed by atoms with Crippen LogP contribution in [0.5, 0.6) is 5.75 Å². The lowest BCUT2D eigenvalue weighted by Crippen LogP contribution is -2.47. The van der Waals surface area contributed by atoms with Gasteiger partial charge in [-0.2, -0.15) is 5.10 Å². The monoisotopic (exact) mass is 413 g/mol. The molecule has 2 atom stereocenters. The molecule has 1 aliphatic rings. The first-order valence-electron chi connectivity index (χ1n) is 8.89. The highest BCUT2D eigenvalue weighted by Gasteiger charge is 2.29. The molecule has 1 saturated heterocycles. The van der Waals surface area contributed by atoms with Gasteiger partial charge in [-0.3, -0.25) is 0 Å². The normalized spacial score (nSPS) is 20.6. The molecular formula is C18H24ClN3O4S. The van der Waals surface area contributed by atoms with Crippen molar-refractivity contribution < 1.29 is 17.9 Å². The van der Waals surface area contributed by atoms with E-state index in [1.165, 1.54) is 0 Å². The summed E-state index contributed by atoms with van der Waals surface area (Å²) in [7, 11) is -3.27. The van der Waals surface area contributed by atoms with E-state index in [2.05, 4.69) is 9.82 Å². The van der Waals surface area contributed by atoms with Crippen LogP contribution in [0.25, 0.3) is 5.69 Å². The molecule has 9 heteroatoms. The maximum atomic E-state index is 11.9. The lowest BCUT2D eigenvalue weighted by molar-refractivity contribution is 0.0186. The van der Waals surface area contributed by atoms with Crippen molar-refractivity contribution in [1.82, 2.24) is 14.5 Å². The zero-order valence-electron chi connectivity index (χ0n) is 15.4. The van der Waals surface area contributed by atoms with Crippen LogP contribution in [0.15, 0.2) is 30.6 Å². The van der Waals surface area contributed by atoms with E-state index in [-0.39, 0.29) is 17.7 Å². The van der Waals surface area contributed by atoms with E-state index in [0.29, 0.717) is 37.0 Å². The average molecular weight is 414 g/mol. The van der Waals surface area contributed by atoms with Crippen LogP contribution in [0.1, 0.15) is 18.9 Å². The van der Waals surface area contributed by atoms with Crippen LogP contribution >= 0.6 is 11.6 Å². The summed E-state index contributed by atoms with van der Waals surface area (Å²) in [6.45, 7) is 4.92. The van der Waals surface area contributed by atoms with Crippen LogP contribution in [-0.2, 0) is 14.8 Å². The van der Waals surface area contributed by atoms with Crippen molar-refractivity contribution >= 4 is 21.6 Å². The third-order valence-corrected chi connectivity index (χ3v) is 6.25. The number of aryl methyl sites for hydroxylation is 1. The standard InChI is InChI=1S/C18H24ClN3O4S/c1-3-27(23,24)21-17-6-7-25-11-14(17)12-26-15-4-5-18(16(19)8-15)22-10-13(2)9-20-22/h4-5,8-10,14,17,21H,3,6-7,11-12H2,1-2H3. The van der Waals surface area contributed by atoms with Crippen molar-refractivity contribution in [1.29, 1.82) is 0 Å². The highest BCUT2D eigenvalue weighted by atomic mass is 35.5. The molecule has 1 aromatic carbocycles. The second-order valence-corrected chi connectivity index (χ2v) is 9.09. The predicted molar refractivity (Wildman–Crippen MR) is 104 cm³/mol. The van der Waals surface area contributed by atoms with Crippen molar-refractivity contribution in [2.45, 2.75) is 26.3 Å². The molecule has 2 unspecified atom stereocenters. The summed E-state index contributed by atoms with van der Waals surface area (Å²) in [4.78, 5) is 0. The van der Waals surface area contributed by atoms with E-state index in [1.54, 1.807) is 23.9 Å². The van der Waals surface area contributed by atoms with Crippen molar-refractivity contribution in [3.05, 3.63) is 41.2 Å². The molecule has 1 fully saturated rings. The van der Waals surface area contributed by atoms with Crippen LogP contribution in [0, 0.1) is 12.8 Å². The summed E-state index contributed by atoms with van der Waals surface area (Å²) in [6.07, 6.45) is 4.29. The van der Waals surface area contributed by atoms with Crippen LogP contribution in [-0.4, -0.2) is 49.8 Å². The molecule has 3 rings (SSSR count). The Morgan fingerprint density at radius 2 is 2.26 bits per heavy atom. The highest BCUT2D eigenvalue weighted by molar-refractivity contribution is 7.89. The van der Waals surface area contributed by atoms with Crippen molar-refractivity contribution in [3.63, 3.8) is 0 Å². The lowest BCUT2D eigenvalue weighted by Gasteiger charge is -2.31. The summed E-state index contributed by atoms with van der Waals surface area (Å²) in [5.74, 6) is 0.615. The van der Waals surface area contributed by atoms with Gasteiger partial charge in [-0.15, -0.1) is 0 Å². The number of halogens is 1. The maximum Gasteiger partial charge on any atom is 0.211 e. The van der Waals surface area contributed by atoms with Gasteiger partial charge in [0, 0.05) is 30.8 Å². The Morgan fingerprint density at radius 1 is 1.44 bits per heavy atom. The largest absolute Gasteiger partial charge is 0.493 e. The number of aromatic nitrogens is 2. The number of nitrogens with one attached hydrogen (secondary N) is 1. The molecule has 1 N–H and O–H groups in total. The van der Waals surface area contributed by atoms with Gasteiger partial charge in [0.1, 0.15) is 5.75 Å². The van der Waals surface area contributed by atoms with Gasteiger partial charge < -0.3 is 9.47 Å². The zero-order valence-corrected chi connectivity index (χ0v) is 17.0. The summed E-state index contributed by atoms with van der Waals surface area (Å²) >= 11 is 6.37. The SMILES string of the molecule is CCS(=O)(=O)NC1CCOCC1COc1ccc(-n2cc(C)cn2)c(Cl)c1. The Bertz CT molecular complexity index is 884. The minimum absolute atomic E-state index is 0.0574. The molecular weight excluding hydrogens is 390 g/mol. The van der Waals surface area contributed by atoms with Gasteiger partial charge in [-0.1, -0.05) is 11.6 Å². The lowest BCUT2D eigenvalue weighted by atomic mass is 9.98. The Morgan fingerprint density at radius 3 is 2.93 bits per heavy atom. The number of sulfonamides is 1. The number of benzene rings is 1. The number of ether oxygens (including phenoxy) is 2. The van der Waals surface area contributed by atoms with E-state index >= 15 is 0 Å². The van der Waals surface area contributed by atoms with Gasteiger partial charge in [-0.25, -0.2) is 17.8 Å². The molecule has 0 aliphatic carbocycles. The van der Waals surface area contributed by atoms with Crippen LogP contribution in [0.4, 0.5) is 0 Å². The average Bonchev–Trinajstić information content (AvgIpc) is 3.07. The first-order valence-corrected chi connectivity index (χ1v) is 10.9. The Labute approximate surface area is 164 Å². The van der Waals surface area contributed by atoms with E-state index in [4.69, 9.17) is 21.1 Å². The molecule has 1 aliphatic heterocycles. The first kappa shape index (κ1) is 20.1. The Hall–Kier alpha value is -1.61. The van der Waals surface area contributed by atoms with Crippen LogP contribution < -0.4 is 9.46 Å². The van der Waals surface area contributed by atoms with Crippen LogP contribution in [0.2, 0.25) is 5.02 Å². The quantitative estimate of drug-likeness (QED) is 0.754. The summed E-state index contributed by atoms with van der Waals surface area (Å²) in [6, 6.07) is 5.22. The second-order valence-electron chi connectivity index (χ2n) is 6.64. The Balaban J connectivity index is 1.65. The molecule has 0 saturated carbocycles. The molecule has 1 aromatic heterocycles. The molecule has 0 amide bonds. The van der Waals surface area contributed by atoms with Crippen molar-refractivity contribution in [2.75, 3.05) is 25.6 Å². The molecule has 7 nitrogen and oxygen atoms in total. The van der Waals surface area contributed by atoms with E-state index in [1.807, 2.05) is 25.3 Å². The third-order valence-electron chi connectivity index (χ3n) is 4.53. The van der Waals surface area contributed by atoms with Crippen molar-refractivity contribution in [3.8, 4) is 11.4 Å². The number of hydrogen-bond acceptors (Lipinski definition) is 5. The van der Waals surface area contributed by atoms with Gasteiger partial charge in [-0.05, 0) is 38.0 Å². The molecule has 0 bridgehead atoms. The first-order chi connectivity index (χ1) is 12.9. The summed E-state index contributed by atoms with van der Waals surface area (Å²) in [5, 5.41) is 4.78. The second kappa shape index (κ2) is 8.60. The smallest absolute Gasteiger partial charge is 0.211 e. The van der Waals surface area contributed by atoms with Gasteiger partial charge in [0.05, 0.1) is 35.9 Å². The van der Waals surface area contributed by atoms with Crippen LogP contribution in [0.3, 0.4) is 0 Å². The van der Waals surface area contributed by atoms with E-state index in [9.17, 15) is 8.42 Å². The maximum absolute atomic E-state index is 11.9. The van der Waals surface area contributed by atoms with Gasteiger partial charge in [0.25, 0.3) is 0 Å². The minimum Gasteiger partial charge on any atom is -0.493 e. The number of hydrogen-bond donors (Lipinski definition) is 1. The molecule has 2 heterocycles. The van der Waals surface area contributed by atoms with E-state index in [0.717, 1.165) is 11.3 Å². The topological polar surface area (TPSA) is 82.5 Å². The highest BCUT2D eigenvalue weighted by Crippen LogP contribution is 2.26. The van der Waals surface area contributed by atoms with Gasteiger partial charge in [0.15, 0.2) is 0 Å². The summed E-state index contributed by atoms with van der Waals surface area (Å²) in [5.41, 5.74) is 1.82. The molecule has 0 spiro atoms. The zero-order chi connectivity index (χ0) is 19.4. The molecule has 0 radical (unpaired) electrons. The van der Waals surface area contributed by atoms with Crippen molar-refractivity contribution in [2.24, 2.45) is 5.92 Å². The van der Waals surface area contributed by atoms with Gasteiger partial charge >= 0.3 is 0 Å². The minimum atomic E-state index is -3.27. The fraction of sp³-hybridized carbons (Fsp3) is 0.500. The molecule has 27 heavy (non-hydrogen) atoms. The number of rotatable bonds is 7. The van der Waals surface area contributed by atoms with Gasteiger partial charge in [0.2, 0.25) is 10.0 Å². The van der Waals surface area contributed by atoms with E-state index < -0.39 is 10.0 Å². The molecule has 148 valence electrons. The third kappa shape index (κ3) is 5.22. The molecule has 2 aromatic rings. The predicted octanol–water partition coefficient (Wildman–Crippen LogP) is 2.56. The number of nitrogens with zero attached hydrogens (tertiary/aromatic N) is 2. The fourth-order valence-electron chi connectivity index (χ4n) is 2.94.